The third kappa shape index (κ3) is 4.07. The highest BCUT2D eigenvalue weighted by Gasteiger charge is 2.10. The van der Waals surface area contributed by atoms with Gasteiger partial charge >= 0.3 is 0 Å². The highest BCUT2D eigenvalue weighted by Crippen LogP contribution is 2.15. The zero-order valence-electron chi connectivity index (χ0n) is 11.9. The lowest BCUT2D eigenvalue weighted by atomic mass is 10.3. The lowest BCUT2D eigenvalue weighted by Crippen LogP contribution is -2.25. The largest absolute Gasteiger partial charge is 0.350 e. The number of rotatable bonds is 6. The van der Waals surface area contributed by atoms with Crippen molar-refractivity contribution >= 4 is 33.4 Å². The van der Waals surface area contributed by atoms with Gasteiger partial charge in [0.1, 0.15) is 0 Å². The molecule has 2 heterocycles. The monoisotopic (exact) mass is 373 g/mol. The van der Waals surface area contributed by atoms with E-state index < -0.39 is 0 Å². The van der Waals surface area contributed by atoms with Crippen molar-refractivity contribution in [1.82, 2.24) is 24.9 Å². The quantitative estimate of drug-likeness (QED) is 0.845. The van der Waals surface area contributed by atoms with E-state index in [-0.39, 0.29) is 5.91 Å². The maximum atomic E-state index is 11.9. The molecule has 0 unspecified atom stereocenters. The van der Waals surface area contributed by atoms with Gasteiger partial charge in [0.25, 0.3) is 0 Å². The molecule has 2 rings (SSSR count). The maximum absolute atomic E-state index is 11.9. The number of amides is 1. The first-order valence-corrected chi connectivity index (χ1v) is 7.84. The van der Waals surface area contributed by atoms with Crippen LogP contribution in [0.2, 0.25) is 5.02 Å². The first-order valence-electron chi connectivity index (χ1n) is 6.67. The summed E-state index contributed by atoms with van der Waals surface area (Å²) >= 11 is 9.44. The second kappa shape index (κ2) is 7.09. The SMILES string of the molecule is CCn1ncc(Cl)c1CNC(=O)CCn1cc(Br)c(C)n1. The van der Waals surface area contributed by atoms with E-state index >= 15 is 0 Å². The van der Waals surface area contributed by atoms with Crippen LogP contribution in [0.15, 0.2) is 16.9 Å². The Labute approximate surface area is 136 Å². The molecular weight excluding hydrogens is 358 g/mol. The molecule has 6 nitrogen and oxygen atoms in total. The normalized spacial score (nSPS) is 10.9. The van der Waals surface area contributed by atoms with Gasteiger partial charge in [-0.1, -0.05) is 11.6 Å². The number of carbonyl (C=O) groups excluding carboxylic acids is 1. The Kier molecular flexibility index (Phi) is 5.41. The van der Waals surface area contributed by atoms with Crippen molar-refractivity contribution in [1.29, 1.82) is 0 Å². The van der Waals surface area contributed by atoms with E-state index in [2.05, 4.69) is 31.4 Å². The third-order valence-corrected chi connectivity index (χ3v) is 4.20. The second-order valence-electron chi connectivity index (χ2n) is 4.61. The number of halogens is 2. The number of aromatic nitrogens is 4. The first-order chi connectivity index (χ1) is 10.0. The molecule has 2 aromatic rings. The van der Waals surface area contributed by atoms with Crippen molar-refractivity contribution in [2.45, 2.75) is 39.9 Å². The van der Waals surface area contributed by atoms with Gasteiger partial charge in [-0.25, -0.2) is 0 Å². The average Bonchev–Trinajstić information content (AvgIpc) is 2.97. The van der Waals surface area contributed by atoms with E-state index in [1.165, 1.54) is 0 Å². The van der Waals surface area contributed by atoms with E-state index in [0.29, 0.717) is 24.5 Å². The zero-order valence-corrected chi connectivity index (χ0v) is 14.3. The van der Waals surface area contributed by atoms with Crippen molar-refractivity contribution in [2.75, 3.05) is 0 Å². The standard InChI is InChI=1S/C13H17BrClN5O/c1-3-20-12(11(15)6-17-20)7-16-13(21)4-5-19-8-10(14)9(2)18-19/h6,8H,3-5,7H2,1-2H3,(H,16,21). The van der Waals surface area contributed by atoms with Crippen molar-refractivity contribution < 1.29 is 4.79 Å². The maximum Gasteiger partial charge on any atom is 0.222 e. The molecule has 0 spiro atoms. The van der Waals surface area contributed by atoms with Gasteiger partial charge in [0, 0.05) is 25.7 Å². The third-order valence-electron chi connectivity index (χ3n) is 3.10. The molecule has 0 atom stereocenters. The van der Waals surface area contributed by atoms with Gasteiger partial charge in [-0.3, -0.25) is 14.2 Å². The van der Waals surface area contributed by atoms with Gasteiger partial charge in [-0.15, -0.1) is 0 Å². The van der Waals surface area contributed by atoms with Gasteiger partial charge in [0.05, 0.1) is 33.6 Å². The summed E-state index contributed by atoms with van der Waals surface area (Å²) in [5.41, 5.74) is 1.74. The van der Waals surface area contributed by atoms with Crippen LogP contribution in [0, 0.1) is 6.92 Å². The number of hydrogen-bond donors (Lipinski definition) is 1. The molecule has 0 aliphatic heterocycles. The Balaban J connectivity index is 1.83. The summed E-state index contributed by atoms with van der Waals surface area (Å²) < 4.78 is 4.47. The topological polar surface area (TPSA) is 64.7 Å². The fraction of sp³-hybridized carbons (Fsp3) is 0.462. The van der Waals surface area contributed by atoms with Gasteiger partial charge in [-0.05, 0) is 29.8 Å². The van der Waals surface area contributed by atoms with Crippen LogP contribution in [0.25, 0.3) is 0 Å². The number of aryl methyl sites for hydroxylation is 3. The number of nitrogens with zero attached hydrogens (tertiary/aromatic N) is 4. The van der Waals surface area contributed by atoms with Crippen LogP contribution in [-0.2, 0) is 24.4 Å². The minimum absolute atomic E-state index is 0.0424. The Bertz CT molecular complexity index is 617. The summed E-state index contributed by atoms with van der Waals surface area (Å²) in [6.07, 6.45) is 3.83. The van der Waals surface area contributed by atoms with Crippen molar-refractivity contribution in [3.8, 4) is 0 Å². The van der Waals surface area contributed by atoms with Crippen LogP contribution in [-0.4, -0.2) is 25.5 Å². The highest BCUT2D eigenvalue weighted by molar-refractivity contribution is 9.10. The molecule has 0 saturated heterocycles. The smallest absolute Gasteiger partial charge is 0.222 e. The molecule has 0 aliphatic rings. The second-order valence-corrected chi connectivity index (χ2v) is 5.87. The molecule has 0 aromatic carbocycles. The molecule has 21 heavy (non-hydrogen) atoms. The zero-order chi connectivity index (χ0) is 15.4. The molecule has 0 fully saturated rings. The molecule has 0 saturated carbocycles. The van der Waals surface area contributed by atoms with Crippen LogP contribution >= 0.6 is 27.5 Å². The first kappa shape index (κ1) is 16.0. The van der Waals surface area contributed by atoms with Crippen LogP contribution in [0.4, 0.5) is 0 Å². The predicted molar refractivity (Wildman–Crippen MR) is 84.0 cm³/mol. The number of carbonyl (C=O) groups is 1. The fourth-order valence-corrected chi connectivity index (χ4v) is 2.45. The highest BCUT2D eigenvalue weighted by atomic mass is 79.9. The van der Waals surface area contributed by atoms with Crippen molar-refractivity contribution in [3.63, 3.8) is 0 Å². The summed E-state index contributed by atoms with van der Waals surface area (Å²) in [4.78, 5) is 11.9. The van der Waals surface area contributed by atoms with Crippen molar-refractivity contribution in [3.05, 3.63) is 33.3 Å². The molecule has 0 aliphatic carbocycles. The van der Waals surface area contributed by atoms with Crippen molar-refractivity contribution in [2.24, 2.45) is 0 Å². The Morgan fingerprint density at radius 2 is 2.29 bits per heavy atom. The minimum atomic E-state index is -0.0424. The molecule has 1 amide bonds. The summed E-state index contributed by atoms with van der Waals surface area (Å²) in [6.45, 7) is 5.53. The van der Waals surface area contributed by atoms with E-state index in [1.54, 1.807) is 15.6 Å². The lowest BCUT2D eigenvalue weighted by molar-refractivity contribution is -0.121. The predicted octanol–water partition coefficient (Wildman–Crippen LogP) is 2.53. The van der Waals surface area contributed by atoms with Crippen LogP contribution in [0.1, 0.15) is 24.7 Å². The number of hydrogen-bond acceptors (Lipinski definition) is 3. The van der Waals surface area contributed by atoms with Crippen LogP contribution in [0.3, 0.4) is 0 Å². The molecule has 0 radical (unpaired) electrons. The molecule has 8 heteroatoms. The summed E-state index contributed by atoms with van der Waals surface area (Å²) in [5.74, 6) is -0.0424. The lowest BCUT2D eigenvalue weighted by Gasteiger charge is -2.08. The van der Waals surface area contributed by atoms with Gasteiger partial charge in [0.15, 0.2) is 0 Å². The average molecular weight is 375 g/mol. The molecule has 1 N–H and O–H groups in total. The van der Waals surface area contributed by atoms with Gasteiger partial charge < -0.3 is 5.32 Å². The Morgan fingerprint density at radius 3 is 2.90 bits per heavy atom. The van der Waals surface area contributed by atoms with Gasteiger partial charge in [-0.2, -0.15) is 10.2 Å². The minimum Gasteiger partial charge on any atom is -0.350 e. The molecular formula is C13H17BrClN5O. The fourth-order valence-electron chi connectivity index (χ4n) is 1.93. The van der Waals surface area contributed by atoms with E-state index in [9.17, 15) is 4.79 Å². The van der Waals surface area contributed by atoms with Gasteiger partial charge in [0.2, 0.25) is 5.91 Å². The Morgan fingerprint density at radius 1 is 1.52 bits per heavy atom. The van der Waals surface area contributed by atoms with E-state index in [1.807, 2.05) is 20.0 Å². The summed E-state index contributed by atoms with van der Waals surface area (Å²) in [5, 5.41) is 11.8. The van der Waals surface area contributed by atoms with E-state index in [4.69, 9.17) is 11.6 Å². The summed E-state index contributed by atoms with van der Waals surface area (Å²) in [6, 6.07) is 0. The summed E-state index contributed by atoms with van der Waals surface area (Å²) in [7, 11) is 0. The molecule has 114 valence electrons. The molecule has 2 aromatic heterocycles. The number of nitrogens with one attached hydrogen (secondary N) is 1. The van der Waals surface area contributed by atoms with E-state index in [0.717, 1.165) is 22.4 Å². The Hall–Kier alpha value is -1.34. The van der Waals surface area contributed by atoms with Crippen LogP contribution in [0.5, 0.6) is 0 Å². The molecule has 0 bridgehead atoms. The van der Waals surface area contributed by atoms with Crippen LogP contribution < -0.4 is 5.32 Å².